The number of piperidine rings is 1. The van der Waals surface area contributed by atoms with Gasteiger partial charge < -0.3 is 10.0 Å². The van der Waals surface area contributed by atoms with Crippen molar-refractivity contribution < 1.29 is 5.11 Å². The maximum absolute atomic E-state index is 10.3. The monoisotopic (exact) mass is 242 g/mol. The summed E-state index contributed by atoms with van der Waals surface area (Å²) in [6.45, 7) is 2.04. The van der Waals surface area contributed by atoms with Crippen LogP contribution in [0.15, 0.2) is 23.4 Å². The molecule has 1 aliphatic rings. The summed E-state index contributed by atoms with van der Waals surface area (Å²) in [6.07, 6.45) is 3.65. The van der Waals surface area contributed by atoms with Crippen LogP contribution in [0, 0.1) is 4.91 Å². The van der Waals surface area contributed by atoms with E-state index < -0.39 is 0 Å². The van der Waals surface area contributed by atoms with E-state index in [0.717, 1.165) is 18.8 Å². The van der Waals surface area contributed by atoms with E-state index in [-0.39, 0.29) is 23.8 Å². The standard InChI is InChI=1S/C11H14N2O2.ClH/c14-11-8-9(4-5-10(11)12-15)13-6-2-1-3-7-13;/h4-5,8,14H,1-3,6-7H2;1H. The van der Waals surface area contributed by atoms with E-state index in [1.807, 2.05) is 6.07 Å². The fourth-order valence-electron chi connectivity index (χ4n) is 1.94. The van der Waals surface area contributed by atoms with Gasteiger partial charge in [-0.1, -0.05) is 0 Å². The van der Waals surface area contributed by atoms with Gasteiger partial charge in [0, 0.05) is 24.8 Å². The Morgan fingerprint density at radius 3 is 2.44 bits per heavy atom. The van der Waals surface area contributed by atoms with E-state index in [0.29, 0.717) is 0 Å². The Labute approximate surface area is 101 Å². The molecule has 1 saturated heterocycles. The third-order valence-electron chi connectivity index (χ3n) is 2.78. The van der Waals surface area contributed by atoms with Crippen LogP contribution >= 0.6 is 12.4 Å². The maximum Gasteiger partial charge on any atom is 0.149 e. The average Bonchev–Trinajstić information content (AvgIpc) is 2.30. The second-order valence-electron chi connectivity index (χ2n) is 3.81. The Kier molecular flexibility index (Phi) is 4.55. The van der Waals surface area contributed by atoms with E-state index in [1.165, 1.54) is 19.3 Å². The van der Waals surface area contributed by atoms with Gasteiger partial charge in [-0.3, -0.25) is 0 Å². The molecule has 1 aromatic carbocycles. The summed E-state index contributed by atoms with van der Waals surface area (Å²) in [4.78, 5) is 12.5. The molecule has 0 aliphatic carbocycles. The Hall–Kier alpha value is -1.29. The molecule has 0 atom stereocenters. The summed E-state index contributed by atoms with van der Waals surface area (Å²) in [5, 5.41) is 12.2. The second-order valence-corrected chi connectivity index (χ2v) is 3.81. The Morgan fingerprint density at radius 1 is 1.19 bits per heavy atom. The van der Waals surface area contributed by atoms with Crippen LogP contribution in [-0.4, -0.2) is 18.2 Å². The molecule has 0 bridgehead atoms. The van der Waals surface area contributed by atoms with Crippen LogP contribution < -0.4 is 4.90 Å². The topological polar surface area (TPSA) is 52.9 Å². The van der Waals surface area contributed by atoms with E-state index in [2.05, 4.69) is 10.1 Å². The molecule has 0 aromatic heterocycles. The number of benzene rings is 1. The van der Waals surface area contributed by atoms with Crippen molar-refractivity contribution in [3.8, 4) is 5.75 Å². The van der Waals surface area contributed by atoms with Crippen LogP contribution in [0.3, 0.4) is 0 Å². The van der Waals surface area contributed by atoms with Gasteiger partial charge in [0.25, 0.3) is 0 Å². The van der Waals surface area contributed by atoms with Gasteiger partial charge in [-0.2, -0.15) is 0 Å². The highest BCUT2D eigenvalue weighted by atomic mass is 35.5. The largest absolute Gasteiger partial charge is 0.505 e. The van der Waals surface area contributed by atoms with Crippen molar-refractivity contribution in [2.45, 2.75) is 19.3 Å². The Bertz CT molecular complexity index is 365. The molecule has 1 aromatic rings. The first-order chi connectivity index (χ1) is 7.31. The summed E-state index contributed by atoms with van der Waals surface area (Å²) < 4.78 is 0. The molecule has 1 fully saturated rings. The SMILES string of the molecule is Cl.O=Nc1ccc(N2CCCCC2)cc1O. The van der Waals surface area contributed by atoms with Crippen LogP contribution in [0.4, 0.5) is 11.4 Å². The third kappa shape index (κ3) is 2.64. The van der Waals surface area contributed by atoms with Gasteiger partial charge in [-0.25, -0.2) is 0 Å². The average molecular weight is 243 g/mol. The number of aromatic hydroxyl groups is 1. The van der Waals surface area contributed by atoms with Crippen LogP contribution in [0.1, 0.15) is 19.3 Å². The minimum Gasteiger partial charge on any atom is -0.505 e. The molecule has 16 heavy (non-hydrogen) atoms. The number of rotatable bonds is 2. The zero-order chi connectivity index (χ0) is 10.7. The van der Waals surface area contributed by atoms with Gasteiger partial charge in [0.2, 0.25) is 0 Å². The number of nitrogens with zero attached hydrogens (tertiary/aromatic N) is 2. The fraction of sp³-hybridized carbons (Fsp3) is 0.455. The highest BCUT2D eigenvalue weighted by Crippen LogP contribution is 2.31. The van der Waals surface area contributed by atoms with Crippen molar-refractivity contribution in [3.63, 3.8) is 0 Å². The number of halogens is 1. The number of phenols is 1. The van der Waals surface area contributed by atoms with Gasteiger partial charge in [0.05, 0.1) is 0 Å². The highest BCUT2D eigenvalue weighted by Gasteiger charge is 2.12. The number of phenolic OH excluding ortho intramolecular Hbond substituents is 1. The lowest BCUT2D eigenvalue weighted by Crippen LogP contribution is -2.29. The molecular weight excluding hydrogens is 228 g/mol. The van der Waals surface area contributed by atoms with Crippen LogP contribution in [0.2, 0.25) is 0 Å². The predicted octanol–water partition coefficient (Wildman–Crippen LogP) is 3.20. The van der Waals surface area contributed by atoms with E-state index in [4.69, 9.17) is 0 Å². The molecule has 1 N–H and O–H groups in total. The van der Waals surface area contributed by atoms with E-state index >= 15 is 0 Å². The third-order valence-corrected chi connectivity index (χ3v) is 2.78. The summed E-state index contributed by atoms with van der Waals surface area (Å²) in [5.74, 6) is -0.0342. The molecule has 4 nitrogen and oxygen atoms in total. The van der Waals surface area contributed by atoms with Crippen LogP contribution in [0.5, 0.6) is 5.75 Å². The quantitative estimate of drug-likeness (QED) is 0.811. The molecule has 88 valence electrons. The summed E-state index contributed by atoms with van der Waals surface area (Å²) in [6, 6.07) is 5.01. The van der Waals surface area contributed by atoms with Gasteiger partial charge in [-0.05, 0) is 36.6 Å². The van der Waals surface area contributed by atoms with Gasteiger partial charge in [0.15, 0.2) is 0 Å². The molecule has 1 aliphatic heterocycles. The number of nitroso groups, excluding NO2 is 1. The first kappa shape index (κ1) is 12.8. The number of anilines is 1. The summed E-state index contributed by atoms with van der Waals surface area (Å²) in [7, 11) is 0. The first-order valence-corrected chi connectivity index (χ1v) is 5.22. The Balaban J connectivity index is 0.00000128. The Morgan fingerprint density at radius 2 is 1.88 bits per heavy atom. The summed E-state index contributed by atoms with van der Waals surface area (Å²) in [5.41, 5.74) is 1.08. The van der Waals surface area contributed by atoms with Crippen LogP contribution in [0.25, 0.3) is 0 Å². The molecule has 2 rings (SSSR count). The lowest BCUT2D eigenvalue weighted by Gasteiger charge is -2.28. The van der Waals surface area contributed by atoms with Crippen molar-refractivity contribution in [3.05, 3.63) is 23.1 Å². The highest BCUT2D eigenvalue weighted by molar-refractivity contribution is 5.85. The van der Waals surface area contributed by atoms with Gasteiger partial charge in [-0.15, -0.1) is 17.3 Å². The van der Waals surface area contributed by atoms with Crippen molar-refractivity contribution in [2.75, 3.05) is 18.0 Å². The molecule has 5 heteroatoms. The van der Waals surface area contributed by atoms with Crippen molar-refractivity contribution in [1.82, 2.24) is 0 Å². The number of hydrogen-bond acceptors (Lipinski definition) is 4. The lowest BCUT2D eigenvalue weighted by atomic mass is 10.1. The molecule has 0 radical (unpaired) electrons. The zero-order valence-electron chi connectivity index (χ0n) is 8.93. The smallest absolute Gasteiger partial charge is 0.149 e. The molecule has 0 spiro atoms. The van der Waals surface area contributed by atoms with Crippen molar-refractivity contribution in [2.24, 2.45) is 5.18 Å². The fourth-order valence-corrected chi connectivity index (χ4v) is 1.94. The normalized spacial score (nSPS) is 15.4. The first-order valence-electron chi connectivity index (χ1n) is 5.22. The van der Waals surface area contributed by atoms with Crippen molar-refractivity contribution >= 4 is 23.8 Å². The summed E-state index contributed by atoms with van der Waals surface area (Å²) >= 11 is 0. The molecule has 1 heterocycles. The molecule has 0 saturated carbocycles. The predicted molar refractivity (Wildman–Crippen MR) is 66.9 cm³/mol. The maximum atomic E-state index is 10.3. The minimum absolute atomic E-state index is 0. The number of hydrogen-bond donors (Lipinski definition) is 1. The molecule has 0 unspecified atom stereocenters. The van der Waals surface area contributed by atoms with Gasteiger partial charge in [0.1, 0.15) is 11.4 Å². The van der Waals surface area contributed by atoms with Crippen molar-refractivity contribution in [1.29, 1.82) is 0 Å². The molecule has 0 amide bonds. The van der Waals surface area contributed by atoms with E-state index in [1.54, 1.807) is 12.1 Å². The van der Waals surface area contributed by atoms with Gasteiger partial charge >= 0.3 is 0 Å². The zero-order valence-corrected chi connectivity index (χ0v) is 9.74. The molecular formula is C11H15ClN2O2. The van der Waals surface area contributed by atoms with E-state index in [9.17, 15) is 10.0 Å². The van der Waals surface area contributed by atoms with Crippen LogP contribution in [-0.2, 0) is 0 Å². The second kappa shape index (κ2) is 5.70. The lowest BCUT2D eigenvalue weighted by molar-refractivity contribution is 0.476. The minimum atomic E-state index is -0.0342.